The average Bonchev–Trinajstić information content (AvgIpc) is 2.66. The summed E-state index contributed by atoms with van der Waals surface area (Å²) in [5.41, 5.74) is 2.00. The zero-order valence-electron chi connectivity index (χ0n) is 15.0. The van der Waals surface area contributed by atoms with Crippen molar-refractivity contribution in [3.63, 3.8) is 0 Å². The lowest BCUT2D eigenvalue weighted by Gasteiger charge is -2.55. The van der Waals surface area contributed by atoms with E-state index in [1.807, 2.05) is 24.3 Å². The summed E-state index contributed by atoms with van der Waals surface area (Å²) in [6.45, 7) is 8.39. The van der Waals surface area contributed by atoms with Gasteiger partial charge in [0.15, 0.2) is 0 Å². The summed E-state index contributed by atoms with van der Waals surface area (Å²) in [4.78, 5) is 6.88. The third-order valence-electron chi connectivity index (χ3n) is 6.37. The molecule has 0 saturated carbocycles. The zero-order chi connectivity index (χ0) is 17.6. The van der Waals surface area contributed by atoms with Gasteiger partial charge < -0.3 is 9.84 Å². The Morgan fingerprint density at radius 1 is 1.44 bits per heavy atom. The Balaban J connectivity index is 1.69. The van der Waals surface area contributed by atoms with Gasteiger partial charge in [-0.25, -0.2) is 0 Å². The van der Waals surface area contributed by atoms with Crippen LogP contribution in [-0.4, -0.2) is 41.2 Å². The standard InChI is InChI=1S/C21H26N2O2/c1-4-21(2)13-23-10-8-14(21)11-19(23)20(24)16-7-9-22-18-6-5-15(25-3)12-17(16)18/h4-7,9,12,14,19-20,24H,1,8,10-11,13H2,2-3H3/t14?,19-,20-,21-/m1/s1. The summed E-state index contributed by atoms with van der Waals surface area (Å²) in [6.07, 6.45) is 5.58. The number of piperidine rings is 3. The molecular weight excluding hydrogens is 312 g/mol. The molecule has 0 spiro atoms. The van der Waals surface area contributed by atoms with Gasteiger partial charge in [-0.3, -0.25) is 9.88 Å². The second-order valence-electron chi connectivity index (χ2n) is 7.70. The minimum atomic E-state index is -0.519. The Kier molecular flexibility index (Phi) is 4.05. The number of hydrogen-bond donors (Lipinski definition) is 1. The number of benzene rings is 1. The number of aliphatic hydroxyl groups is 1. The quantitative estimate of drug-likeness (QED) is 0.866. The maximum atomic E-state index is 11.2. The smallest absolute Gasteiger partial charge is 0.119 e. The van der Waals surface area contributed by atoms with E-state index >= 15 is 0 Å². The first kappa shape index (κ1) is 16.6. The summed E-state index contributed by atoms with van der Waals surface area (Å²) in [5, 5.41) is 12.2. The van der Waals surface area contributed by atoms with Crippen LogP contribution in [0.25, 0.3) is 10.9 Å². The highest BCUT2D eigenvalue weighted by Crippen LogP contribution is 2.48. The van der Waals surface area contributed by atoms with Gasteiger partial charge in [0, 0.05) is 29.6 Å². The largest absolute Gasteiger partial charge is 0.497 e. The highest BCUT2D eigenvalue weighted by Gasteiger charge is 2.47. The number of hydrogen-bond acceptors (Lipinski definition) is 4. The van der Waals surface area contributed by atoms with E-state index in [0.717, 1.165) is 41.7 Å². The summed E-state index contributed by atoms with van der Waals surface area (Å²) < 4.78 is 5.36. The van der Waals surface area contributed by atoms with Crippen molar-refractivity contribution in [3.8, 4) is 5.75 Å². The molecule has 3 aliphatic heterocycles. The summed E-state index contributed by atoms with van der Waals surface area (Å²) >= 11 is 0. The first-order valence-corrected chi connectivity index (χ1v) is 9.04. The Morgan fingerprint density at radius 2 is 2.28 bits per heavy atom. The number of aliphatic hydroxyl groups excluding tert-OH is 1. The maximum Gasteiger partial charge on any atom is 0.119 e. The molecule has 1 aromatic carbocycles. The van der Waals surface area contributed by atoms with Crippen LogP contribution >= 0.6 is 0 Å². The zero-order valence-corrected chi connectivity index (χ0v) is 15.0. The average molecular weight is 338 g/mol. The second-order valence-corrected chi connectivity index (χ2v) is 7.70. The van der Waals surface area contributed by atoms with Crippen LogP contribution in [0, 0.1) is 11.3 Å². The van der Waals surface area contributed by atoms with Crippen LogP contribution in [0.15, 0.2) is 43.1 Å². The molecule has 25 heavy (non-hydrogen) atoms. The molecule has 1 N–H and O–H groups in total. The molecule has 3 saturated heterocycles. The number of fused-ring (bicyclic) bond motifs is 4. The second kappa shape index (κ2) is 6.11. The summed E-state index contributed by atoms with van der Waals surface area (Å²) in [6, 6.07) is 7.94. The van der Waals surface area contributed by atoms with Gasteiger partial charge in [-0.05, 0) is 55.1 Å². The minimum absolute atomic E-state index is 0.156. The van der Waals surface area contributed by atoms with E-state index in [2.05, 4.69) is 29.5 Å². The molecule has 5 rings (SSSR count). The molecule has 2 unspecified atom stereocenters. The fourth-order valence-electron chi connectivity index (χ4n) is 4.71. The SMILES string of the molecule is C=C[C@]1(C)CN2CCC1C[C@@H]2[C@H](O)c1ccnc2ccc(OC)cc12. The van der Waals surface area contributed by atoms with Crippen molar-refractivity contribution in [1.29, 1.82) is 0 Å². The molecular formula is C21H26N2O2. The Hall–Kier alpha value is -1.91. The number of ether oxygens (including phenoxy) is 1. The Bertz CT molecular complexity index is 806. The predicted octanol–water partition coefficient (Wildman–Crippen LogP) is 3.56. The third kappa shape index (κ3) is 2.64. The number of aromatic nitrogens is 1. The molecule has 132 valence electrons. The van der Waals surface area contributed by atoms with Crippen molar-refractivity contribution in [2.45, 2.75) is 31.9 Å². The van der Waals surface area contributed by atoms with E-state index in [4.69, 9.17) is 4.74 Å². The molecule has 2 aromatic rings. The Morgan fingerprint density at radius 3 is 2.96 bits per heavy atom. The van der Waals surface area contributed by atoms with Crippen molar-refractivity contribution >= 4 is 10.9 Å². The van der Waals surface area contributed by atoms with Gasteiger partial charge in [0.1, 0.15) is 5.75 Å². The Labute approximate surface area is 149 Å². The van der Waals surface area contributed by atoms with E-state index < -0.39 is 6.10 Å². The molecule has 4 nitrogen and oxygen atoms in total. The van der Waals surface area contributed by atoms with Gasteiger partial charge in [-0.2, -0.15) is 0 Å². The van der Waals surface area contributed by atoms with Crippen LogP contribution in [0.5, 0.6) is 5.75 Å². The van der Waals surface area contributed by atoms with E-state index in [1.165, 1.54) is 6.42 Å². The van der Waals surface area contributed by atoms with Crippen LogP contribution in [-0.2, 0) is 0 Å². The molecule has 4 heterocycles. The van der Waals surface area contributed by atoms with Gasteiger partial charge >= 0.3 is 0 Å². The van der Waals surface area contributed by atoms with Crippen LogP contribution in [0.2, 0.25) is 0 Å². The normalized spacial score (nSPS) is 32.5. The number of rotatable bonds is 4. The molecule has 0 amide bonds. The van der Waals surface area contributed by atoms with E-state index in [1.54, 1.807) is 13.3 Å². The van der Waals surface area contributed by atoms with Crippen molar-refractivity contribution in [3.05, 3.63) is 48.7 Å². The van der Waals surface area contributed by atoms with Crippen molar-refractivity contribution in [1.82, 2.24) is 9.88 Å². The topological polar surface area (TPSA) is 45.6 Å². The van der Waals surface area contributed by atoms with Gasteiger partial charge in [0.2, 0.25) is 0 Å². The van der Waals surface area contributed by atoms with E-state index in [0.29, 0.717) is 5.92 Å². The first-order chi connectivity index (χ1) is 12.1. The van der Waals surface area contributed by atoms with E-state index in [9.17, 15) is 5.11 Å². The molecule has 3 fully saturated rings. The fraction of sp³-hybridized carbons (Fsp3) is 0.476. The molecule has 1 aromatic heterocycles. The number of pyridine rings is 1. The molecule has 0 aliphatic carbocycles. The summed E-state index contributed by atoms with van der Waals surface area (Å²) in [7, 11) is 1.66. The van der Waals surface area contributed by atoms with Crippen molar-refractivity contribution in [2.75, 3.05) is 20.2 Å². The van der Waals surface area contributed by atoms with Gasteiger partial charge in [-0.1, -0.05) is 13.0 Å². The summed E-state index contributed by atoms with van der Waals surface area (Å²) in [5.74, 6) is 1.39. The molecule has 3 aliphatic rings. The molecule has 0 radical (unpaired) electrons. The van der Waals surface area contributed by atoms with Gasteiger partial charge in [-0.15, -0.1) is 6.58 Å². The fourth-order valence-corrected chi connectivity index (χ4v) is 4.71. The lowest BCUT2D eigenvalue weighted by Crippen LogP contribution is -2.58. The number of nitrogens with zero attached hydrogens (tertiary/aromatic N) is 2. The first-order valence-electron chi connectivity index (χ1n) is 9.04. The van der Waals surface area contributed by atoms with Crippen molar-refractivity contribution in [2.24, 2.45) is 11.3 Å². The number of methoxy groups -OCH3 is 1. The minimum Gasteiger partial charge on any atom is -0.497 e. The molecule has 2 bridgehead atoms. The molecule has 5 atom stereocenters. The highest BCUT2D eigenvalue weighted by atomic mass is 16.5. The monoisotopic (exact) mass is 338 g/mol. The van der Waals surface area contributed by atoms with Crippen LogP contribution in [0.3, 0.4) is 0 Å². The van der Waals surface area contributed by atoms with Crippen LogP contribution in [0.4, 0.5) is 0 Å². The van der Waals surface area contributed by atoms with Crippen molar-refractivity contribution < 1.29 is 9.84 Å². The lowest BCUT2D eigenvalue weighted by molar-refractivity contribution is -0.0759. The molecule has 4 heteroatoms. The van der Waals surface area contributed by atoms with Gasteiger partial charge in [0.05, 0.1) is 18.7 Å². The highest BCUT2D eigenvalue weighted by molar-refractivity contribution is 5.83. The van der Waals surface area contributed by atoms with Gasteiger partial charge in [0.25, 0.3) is 0 Å². The lowest BCUT2D eigenvalue weighted by atomic mass is 9.65. The van der Waals surface area contributed by atoms with Crippen LogP contribution < -0.4 is 4.74 Å². The predicted molar refractivity (Wildman–Crippen MR) is 99.6 cm³/mol. The third-order valence-corrected chi connectivity index (χ3v) is 6.37. The van der Waals surface area contributed by atoms with E-state index in [-0.39, 0.29) is 11.5 Å². The maximum absolute atomic E-state index is 11.2. The van der Waals surface area contributed by atoms with Crippen LogP contribution in [0.1, 0.15) is 31.4 Å².